The Morgan fingerprint density at radius 3 is 1.30 bits per heavy atom. The number of ether oxygens (including phenoxy) is 9. The molecule has 0 fully saturated rings. The first-order valence-electron chi connectivity index (χ1n) is 45.9. The number of carbonyl (C=O) groups excluding carboxylic acids is 6. The molecule has 1 atom stereocenters. The van der Waals surface area contributed by atoms with Crippen LogP contribution in [0.2, 0.25) is 0 Å². The highest BCUT2D eigenvalue weighted by Gasteiger charge is 2.27. The molecule has 16 heteroatoms. The number of benzene rings is 17. The van der Waals surface area contributed by atoms with Gasteiger partial charge in [0, 0.05) is 42.0 Å². The predicted molar refractivity (Wildman–Crippen MR) is 564 cm³/mol. The van der Waals surface area contributed by atoms with E-state index in [1.807, 2.05) is 237 Å². The van der Waals surface area contributed by atoms with Crippen molar-refractivity contribution in [3.8, 4) is 101 Å². The molecule has 0 aromatic heterocycles. The van der Waals surface area contributed by atoms with E-state index in [0.717, 1.165) is 96.1 Å². The molecule has 20 rings (SSSR count). The van der Waals surface area contributed by atoms with E-state index in [9.17, 15) is 33.9 Å². The van der Waals surface area contributed by atoms with Crippen molar-refractivity contribution in [2.24, 2.45) is 0 Å². The highest BCUT2D eigenvalue weighted by atomic mass is 16.6. The van der Waals surface area contributed by atoms with Crippen molar-refractivity contribution >= 4 is 68.1 Å². The summed E-state index contributed by atoms with van der Waals surface area (Å²) in [6.07, 6.45) is 8.34. The fraction of sp³-hybridized carbons (Fsp3) is 0.0794. The van der Waals surface area contributed by atoms with E-state index in [4.69, 9.17) is 42.6 Å². The number of hydrogen-bond acceptors (Lipinski definition) is 16. The van der Waals surface area contributed by atoms with Crippen molar-refractivity contribution < 1.29 is 76.5 Å². The number of hydrogen-bond donors (Lipinski definition) is 1. The summed E-state index contributed by atoms with van der Waals surface area (Å²) in [5.41, 5.74) is 27.4. The summed E-state index contributed by atoms with van der Waals surface area (Å²) in [6, 6.07) is 125. The van der Waals surface area contributed by atoms with Gasteiger partial charge in [-0.1, -0.05) is 380 Å². The van der Waals surface area contributed by atoms with E-state index >= 15 is 0 Å². The highest BCUT2D eigenvalue weighted by molar-refractivity contribution is 6.17. The summed E-state index contributed by atoms with van der Waals surface area (Å²) in [7, 11) is 0. The summed E-state index contributed by atoms with van der Waals surface area (Å²) < 4.78 is 47.7. The van der Waals surface area contributed by atoms with Gasteiger partial charge in [-0.15, -0.1) is 0 Å². The van der Waals surface area contributed by atoms with Crippen LogP contribution in [0.5, 0.6) is 23.0 Å². The number of carbonyl (C=O) groups is 6. The topological polar surface area (TPSA) is 206 Å². The molecule has 0 bridgehead atoms. The van der Waals surface area contributed by atoms with Crippen molar-refractivity contribution in [1.29, 1.82) is 0 Å². The van der Waals surface area contributed by atoms with Crippen LogP contribution >= 0.6 is 0 Å². The molecule has 16 nitrogen and oxygen atoms in total. The van der Waals surface area contributed by atoms with Gasteiger partial charge in [-0.25, -0.2) is 28.8 Å². The molecule has 0 heterocycles. The van der Waals surface area contributed by atoms with Crippen LogP contribution in [0.1, 0.15) is 55.6 Å². The third-order valence-corrected chi connectivity index (χ3v) is 23.5. The minimum Gasteiger partial charge on any atom is -0.458 e. The van der Waals surface area contributed by atoms with Crippen LogP contribution in [0, 0.1) is 6.92 Å². The second kappa shape index (κ2) is 50.2. The van der Waals surface area contributed by atoms with Gasteiger partial charge in [-0.05, 0) is 222 Å². The van der Waals surface area contributed by atoms with Crippen LogP contribution in [-0.2, 0) is 115 Å². The first kappa shape index (κ1) is 100.0. The van der Waals surface area contributed by atoms with Gasteiger partial charge in [-0.2, -0.15) is 0 Å². The van der Waals surface area contributed by atoms with Crippen molar-refractivity contribution in [3.05, 3.63) is 520 Å². The van der Waals surface area contributed by atoms with Crippen molar-refractivity contribution in [1.82, 2.24) is 0 Å². The van der Waals surface area contributed by atoms with Gasteiger partial charge in [0.05, 0.1) is 6.61 Å². The molecule has 1 unspecified atom stereocenters. The van der Waals surface area contributed by atoms with Crippen molar-refractivity contribution in [3.63, 3.8) is 0 Å². The van der Waals surface area contributed by atoms with E-state index < -0.39 is 36.1 Å². The Kier molecular flexibility index (Phi) is 35.4. The molecule has 17 aromatic carbocycles. The summed E-state index contributed by atoms with van der Waals surface area (Å²) >= 11 is 0. The summed E-state index contributed by atoms with van der Waals surface area (Å²) in [5.74, 6) is 0.531. The van der Waals surface area contributed by atoms with Crippen molar-refractivity contribution in [2.75, 3.05) is 0 Å². The summed E-state index contributed by atoms with van der Waals surface area (Å²) in [5, 5.41) is 16.7. The number of aliphatic hydroxyl groups excluding tert-OH is 1. The molecule has 0 aliphatic heterocycles. The molecular formula is C126H104O16. The van der Waals surface area contributed by atoms with Crippen LogP contribution < -0.4 is 9.47 Å². The van der Waals surface area contributed by atoms with Crippen LogP contribution in [0.4, 0.5) is 0 Å². The van der Waals surface area contributed by atoms with Crippen LogP contribution in [0.3, 0.4) is 0 Å². The number of para-hydroxylation sites is 2. The molecule has 704 valence electrons. The summed E-state index contributed by atoms with van der Waals surface area (Å²) in [4.78, 5) is 67.1. The highest BCUT2D eigenvalue weighted by Crippen LogP contribution is 2.51. The van der Waals surface area contributed by atoms with Gasteiger partial charge >= 0.3 is 35.8 Å². The molecular weight excluding hydrogens is 1770 g/mol. The predicted octanol–water partition coefficient (Wildman–Crippen LogP) is 28.8. The third-order valence-electron chi connectivity index (χ3n) is 23.5. The number of rotatable bonds is 28. The van der Waals surface area contributed by atoms with E-state index in [0.29, 0.717) is 18.1 Å². The molecule has 0 amide bonds. The van der Waals surface area contributed by atoms with Gasteiger partial charge in [0.15, 0.2) is 6.29 Å². The molecule has 0 saturated heterocycles. The number of fused-ring (bicyclic) bond motifs is 10. The zero-order valence-corrected chi connectivity index (χ0v) is 78.6. The number of esters is 6. The van der Waals surface area contributed by atoms with E-state index in [2.05, 4.69) is 192 Å². The smallest absolute Gasteiger partial charge is 0.330 e. The maximum absolute atomic E-state index is 11.4. The Labute approximate surface area is 826 Å². The fourth-order valence-corrected chi connectivity index (χ4v) is 16.6. The molecule has 142 heavy (non-hydrogen) atoms. The van der Waals surface area contributed by atoms with E-state index in [1.165, 1.54) is 130 Å². The van der Waals surface area contributed by atoms with Crippen LogP contribution in [-0.4, -0.2) is 47.2 Å². The SMILES string of the molecule is C=CC(=O)OCc1ccc2cccc3c2c1-c1ccccc1-3.C=CC(=O)OCc1cccc(-c2ccccc2)c1C.C=CC(=O)OCc1cccc(Oc2ccccc2)c1.C=CC(=O)OCc1cccc2c1-c1cccc3cccc-2c13.C=CC(=O)OCc1cccc2c1Cc1ccccc1-2.C=CC(=O)OCc1ccccc1-c1ccccc1.C=CC(O)OCc1ccccc1Oc1ccc2ccccc2c1. The van der Waals surface area contributed by atoms with Crippen LogP contribution in [0.25, 0.3) is 110 Å². The van der Waals surface area contributed by atoms with Gasteiger partial charge in [0.1, 0.15) is 62.6 Å². The molecule has 0 saturated carbocycles. The normalized spacial score (nSPS) is 10.9. The Hall–Kier alpha value is -18.0. The first-order valence-corrected chi connectivity index (χ1v) is 45.9. The maximum atomic E-state index is 11.4. The van der Waals surface area contributed by atoms with E-state index in [-0.39, 0.29) is 45.6 Å². The van der Waals surface area contributed by atoms with Gasteiger partial charge in [-0.3, -0.25) is 0 Å². The lowest BCUT2D eigenvalue weighted by Gasteiger charge is -2.13. The maximum Gasteiger partial charge on any atom is 0.330 e. The van der Waals surface area contributed by atoms with Gasteiger partial charge in [0.2, 0.25) is 0 Å². The Bertz CT molecular complexity index is 7450. The van der Waals surface area contributed by atoms with Crippen molar-refractivity contribution in [2.45, 2.75) is 65.9 Å². The van der Waals surface area contributed by atoms with Gasteiger partial charge < -0.3 is 47.7 Å². The molecule has 0 radical (unpaired) electrons. The Balaban J connectivity index is 0.000000132. The minimum atomic E-state index is -0.983. The Morgan fingerprint density at radius 1 is 0.282 bits per heavy atom. The molecule has 3 aliphatic carbocycles. The second-order valence-corrected chi connectivity index (χ2v) is 32.4. The average molecular weight is 1870 g/mol. The number of aliphatic hydroxyl groups is 1. The minimum absolute atomic E-state index is 0.205. The zero-order chi connectivity index (χ0) is 99.5. The van der Waals surface area contributed by atoms with Crippen LogP contribution in [0.15, 0.2) is 465 Å². The Morgan fingerprint density at radius 2 is 0.683 bits per heavy atom. The molecule has 0 spiro atoms. The zero-order valence-electron chi connectivity index (χ0n) is 78.6. The quantitative estimate of drug-likeness (QED) is 0.0159. The van der Waals surface area contributed by atoms with E-state index in [1.54, 1.807) is 0 Å². The largest absolute Gasteiger partial charge is 0.458 e. The van der Waals surface area contributed by atoms with Gasteiger partial charge in [0.25, 0.3) is 0 Å². The molecule has 17 aromatic rings. The summed E-state index contributed by atoms with van der Waals surface area (Å²) in [6.45, 7) is 27.7. The monoisotopic (exact) mass is 1870 g/mol. The lowest BCUT2D eigenvalue weighted by molar-refractivity contribution is -0.139. The second-order valence-electron chi connectivity index (χ2n) is 32.4. The lowest BCUT2D eigenvalue weighted by Crippen LogP contribution is -2.08. The first-order chi connectivity index (χ1) is 69.4. The fourth-order valence-electron chi connectivity index (χ4n) is 16.6. The molecule has 1 N–H and O–H groups in total. The third kappa shape index (κ3) is 26.0. The molecule has 3 aliphatic rings. The average Bonchev–Trinajstić information content (AvgIpc) is 1.58. The standard InChI is InChI=1S/C20H18O3.2C20H14O2.C17H14O2.C17H16O2.C16H14O3.C16H14O2/c1-2-20(21)22-14-17-9-5-6-10-19(17)23-18-12-11-15-7-3-4-8-16(15)13-18;1-2-18(21)22-12-14-8-5-10-16-15-9-3-6-13-7-4-11-17(19(13)15)20(14)16;1-2-18(21)22-12-14-11-10-13-6-5-9-17-15-7-3-4-8-16(15)20(14)19(13)17;1-2-17(18)19-11-13-7-5-9-15-14-8-4-3-6-12(14)10-16(13)15;1-3-17(18)19-12-15-10-7-11-16(13(15)2)14-8-5-4-6-9-14;1-2-16(17)18-12-13-7-6-10-15(11-13)19-14-8-4-3-5-9-14;1-2-16(17)18-12-14-10-6-7-11-15(14)13-8-4-3-5-9-13/h2-13,20-21H,1,14H2;2*2-11H,1,12H2;2-9H,1,10-11H2;3-11H,1,12H2,2H3;2-11H,1,12H2;2-11H,1,12H2. The lowest BCUT2D eigenvalue weighted by atomic mass is 9.97.